The minimum Gasteiger partial charge on any atom is -0.354 e. The quantitative estimate of drug-likeness (QED) is 0.644. The zero-order valence-electron chi connectivity index (χ0n) is 16.1. The van der Waals surface area contributed by atoms with Gasteiger partial charge in [-0.05, 0) is 62.9 Å². The van der Waals surface area contributed by atoms with E-state index in [4.69, 9.17) is 0 Å². The van der Waals surface area contributed by atoms with Crippen LogP contribution in [0.3, 0.4) is 0 Å². The summed E-state index contributed by atoms with van der Waals surface area (Å²) in [7, 11) is 0. The van der Waals surface area contributed by atoms with Gasteiger partial charge < -0.3 is 16.0 Å². The van der Waals surface area contributed by atoms with Crippen molar-refractivity contribution in [2.75, 3.05) is 11.9 Å². The van der Waals surface area contributed by atoms with Crippen LogP contribution in [-0.4, -0.2) is 29.8 Å². The van der Waals surface area contributed by atoms with Gasteiger partial charge in [0.05, 0.1) is 0 Å². The standard InChI is InChI=1S/C21H29N3O3/c1-4-18(25)23-17-12-10-16(11-13-17)19(26)24-21(2,3)20(27)22-14-15-8-6-5-7-9-15/h4,10-13,15H,1,5-9,14H2,2-3H3,(H,22,27)(H,23,25)(H,24,26). The van der Waals surface area contributed by atoms with Crippen LogP contribution >= 0.6 is 0 Å². The van der Waals surface area contributed by atoms with E-state index in [0.29, 0.717) is 23.7 Å². The van der Waals surface area contributed by atoms with Crippen molar-refractivity contribution in [1.29, 1.82) is 0 Å². The molecule has 146 valence electrons. The minimum atomic E-state index is -1.01. The summed E-state index contributed by atoms with van der Waals surface area (Å²) in [6.07, 6.45) is 7.22. The Kier molecular flexibility index (Phi) is 7.16. The molecule has 0 spiro atoms. The number of rotatable bonds is 7. The first-order chi connectivity index (χ1) is 12.8. The minimum absolute atomic E-state index is 0.184. The lowest BCUT2D eigenvalue weighted by Crippen LogP contribution is -2.55. The van der Waals surface area contributed by atoms with Gasteiger partial charge in [0.15, 0.2) is 0 Å². The number of amides is 3. The van der Waals surface area contributed by atoms with Gasteiger partial charge >= 0.3 is 0 Å². The fourth-order valence-electron chi connectivity index (χ4n) is 3.16. The molecular weight excluding hydrogens is 342 g/mol. The van der Waals surface area contributed by atoms with Crippen molar-refractivity contribution in [3.63, 3.8) is 0 Å². The van der Waals surface area contributed by atoms with Crippen molar-refractivity contribution in [2.24, 2.45) is 5.92 Å². The van der Waals surface area contributed by atoms with Crippen LogP contribution in [0.1, 0.15) is 56.3 Å². The highest BCUT2D eigenvalue weighted by molar-refractivity contribution is 6.01. The maximum atomic E-state index is 12.5. The van der Waals surface area contributed by atoms with E-state index in [1.165, 1.54) is 25.3 Å². The van der Waals surface area contributed by atoms with Crippen LogP contribution in [0, 0.1) is 5.92 Å². The summed E-state index contributed by atoms with van der Waals surface area (Å²) in [6, 6.07) is 6.47. The molecule has 1 saturated carbocycles. The number of anilines is 1. The van der Waals surface area contributed by atoms with Gasteiger partial charge in [0.1, 0.15) is 5.54 Å². The van der Waals surface area contributed by atoms with Crippen molar-refractivity contribution in [2.45, 2.75) is 51.5 Å². The fraction of sp³-hybridized carbons (Fsp3) is 0.476. The van der Waals surface area contributed by atoms with Crippen molar-refractivity contribution in [3.05, 3.63) is 42.5 Å². The van der Waals surface area contributed by atoms with Crippen LogP contribution < -0.4 is 16.0 Å². The molecule has 1 aliphatic carbocycles. The second-order valence-electron chi connectivity index (χ2n) is 7.56. The topological polar surface area (TPSA) is 87.3 Å². The van der Waals surface area contributed by atoms with Gasteiger partial charge in [0.2, 0.25) is 11.8 Å². The monoisotopic (exact) mass is 371 g/mol. The van der Waals surface area contributed by atoms with Gasteiger partial charge in [0.25, 0.3) is 5.91 Å². The lowest BCUT2D eigenvalue weighted by atomic mass is 9.89. The zero-order valence-corrected chi connectivity index (χ0v) is 16.1. The lowest BCUT2D eigenvalue weighted by Gasteiger charge is -2.28. The van der Waals surface area contributed by atoms with Crippen molar-refractivity contribution < 1.29 is 14.4 Å². The Morgan fingerprint density at radius 3 is 2.33 bits per heavy atom. The highest BCUT2D eigenvalue weighted by Gasteiger charge is 2.30. The molecule has 0 unspecified atom stereocenters. The smallest absolute Gasteiger partial charge is 0.252 e. The first-order valence-corrected chi connectivity index (χ1v) is 9.46. The Hall–Kier alpha value is -2.63. The van der Waals surface area contributed by atoms with Gasteiger partial charge in [0, 0.05) is 17.8 Å². The van der Waals surface area contributed by atoms with Gasteiger partial charge in [-0.3, -0.25) is 14.4 Å². The molecule has 1 aromatic rings. The summed E-state index contributed by atoms with van der Waals surface area (Å²) in [4.78, 5) is 36.3. The van der Waals surface area contributed by atoms with Crippen LogP contribution in [0.5, 0.6) is 0 Å². The summed E-state index contributed by atoms with van der Waals surface area (Å²) in [5.74, 6) is -0.304. The van der Waals surface area contributed by atoms with Crippen LogP contribution in [0.25, 0.3) is 0 Å². The van der Waals surface area contributed by atoms with E-state index < -0.39 is 5.54 Å². The number of carbonyl (C=O) groups excluding carboxylic acids is 3. The molecule has 0 aliphatic heterocycles. The van der Waals surface area contributed by atoms with E-state index in [0.717, 1.165) is 12.8 Å². The average molecular weight is 371 g/mol. The van der Waals surface area contributed by atoms with E-state index in [2.05, 4.69) is 22.5 Å². The molecule has 0 radical (unpaired) electrons. The third kappa shape index (κ3) is 6.24. The Morgan fingerprint density at radius 2 is 1.74 bits per heavy atom. The highest BCUT2D eigenvalue weighted by Crippen LogP contribution is 2.23. The number of hydrogen-bond acceptors (Lipinski definition) is 3. The number of nitrogens with one attached hydrogen (secondary N) is 3. The molecule has 0 heterocycles. The van der Waals surface area contributed by atoms with Crippen LogP contribution in [-0.2, 0) is 9.59 Å². The Bertz CT molecular complexity index is 689. The molecule has 3 N–H and O–H groups in total. The maximum Gasteiger partial charge on any atom is 0.252 e. The fourth-order valence-corrected chi connectivity index (χ4v) is 3.16. The molecule has 2 rings (SSSR count). The van der Waals surface area contributed by atoms with Crippen molar-refractivity contribution >= 4 is 23.4 Å². The molecule has 0 aromatic heterocycles. The molecule has 0 atom stereocenters. The third-order valence-electron chi connectivity index (χ3n) is 4.87. The maximum absolute atomic E-state index is 12.5. The van der Waals surface area contributed by atoms with E-state index in [1.807, 2.05) is 0 Å². The lowest BCUT2D eigenvalue weighted by molar-refractivity contribution is -0.126. The molecule has 6 nitrogen and oxygen atoms in total. The van der Waals surface area contributed by atoms with Gasteiger partial charge in [-0.1, -0.05) is 25.8 Å². The van der Waals surface area contributed by atoms with E-state index in [1.54, 1.807) is 38.1 Å². The Morgan fingerprint density at radius 1 is 1.11 bits per heavy atom. The number of benzene rings is 1. The van der Waals surface area contributed by atoms with Crippen LogP contribution in [0.4, 0.5) is 5.69 Å². The summed E-state index contributed by atoms with van der Waals surface area (Å²) in [5, 5.41) is 8.37. The second kappa shape index (κ2) is 9.35. The molecule has 1 aliphatic rings. The third-order valence-corrected chi connectivity index (χ3v) is 4.87. The summed E-state index contributed by atoms with van der Waals surface area (Å²) >= 11 is 0. The Balaban J connectivity index is 1.89. The van der Waals surface area contributed by atoms with E-state index >= 15 is 0 Å². The summed E-state index contributed by atoms with van der Waals surface area (Å²) in [5.41, 5.74) is -0.0257. The van der Waals surface area contributed by atoms with Crippen LogP contribution in [0.2, 0.25) is 0 Å². The normalized spacial score (nSPS) is 14.9. The second-order valence-corrected chi connectivity index (χ2v) is 7.56. The molecule has 3 amide bonds. The average Bonchev–Trinajstić information content (AvgIpc) is 2.66. The SMILES string of the molecule is C=CC(=O)Nc1ccc(C(=O)NC(C)(C)C(=O)NCC2CCCCC2)cc1. The van der Waals surface area contributed by atoms with Gasteiger partial charge in [-0.2, -0.15) is 0 Å². The van der Waals surface area contributed by atoms with Gasteiger partial charge in [-0.25, -0.2) is 0 Å². The van der Waals surface area contributed by atoms with Crippen molar-refractivity contribution in [1.82, 2.24) is 10.6 Å². The summed E-state index contributed by atoms with van der Waals surface area (Å²) in [6.45, 7) is 7.44. The molecule has 1 aromatic carbocycles. The molecule has 0 bridgehead atoms. The van der Waals surface area contributed by atoms with Gasteiger partial charge in [-0.15, -0.1) is 0 Å². The van der Waals surface area contributed by atoms with E-state index in [9.17, 15) is 14.4 Å². The first kappa shape index (κ1) is 20.7. The highest BCUT2D eigenvalue weighted by atomic mass is 16.2. The molecule has 1 fully saturated rings. The molecular formula is C21H29N3O3. The van der Waals surface area contributed by atoms with Crippen molar-refractivity contribution in [3.8, 4) is 0 Å². The zero-order chi connectivity index (χ0) is 19.9. The predicted octanol–water partition coefficient (Wildman–Crippen LogP) is 3.02. The largest absolute Gasteiger partial charge is 0.354 e. The Labute approximate surface area is 160 Å². The van der Waals surface area contributed by atoms with E-state index in [-0.39, 0.29) is 17.7 Å². The number of carbonyl (C=O) groups is 3. The molecule has 0 saturated heterocycles. The van der Waals surface area contributed by atoms with Crippen LogP contribution in [0.15, 0.2) is 36.9 Å². The molecule has 6 heteroatoms. The number of hydrogen-bond donors (Lipinski definition) is 3. The summed E-state index contributed by atoms with van der Waals surface area (Å²) < 4.78 is 0. The predicted molar refractivity (Wildman–Crippen MR) is 106 cm³/mol. The molecule has 27 heavy (non-hydrogen) atoms. The first-order valence-electron chi connectivity index (χ1n) is 9.46.